The van der Waals surface area contributed by atoms with Crippen molar-refractivity contribution in [3.8, 4) is 0 Å². The first kappa shape index (κ1) is 22.6. The monoisotopic (exact) mass is 463 g/mol. The number of rotatable bonds is 7. The summed E-state index contributed by atoms with van der Waals surface area (Å²) in [6.07, 6.45) is 4.09. The number of pyridine rings is 1. The van der Waals surface area contributed by atoms with Crippen molar-refractivity contribution < 1.29 is 9.90 Å². The third kappa shape index (κ3) is 5.00. The predicted molar refractivity (Wildman–Crippen MR) is 133 cm³/mol. The Morgan fingerprint density at radius 1 is 1.18 bits per heavy atom. The maximum Gasteiger partial charge on any atom is 0.219 e. The Hall–Kier alpha value is -3.17. The van der Waals surface area contributed by atoms with Crippen molar-refractivity contribution >= 4 is 28.4 Å². The zero-order valence-electron chi connectivity index (χ0n) is 19.6. The van der Waals surface area contributed by atoms with E-state index in [1.165, 1.54) is 11.1 Å². The number of piperidine rings is 1. The molecule has 1 fully saturated rings. The van der Waals surface area contributed by atoms with Gasteiger partial charge in [0.25, 0.3) is 0 Å². The number of aromatic amines is 1. The zero-order chi connectivity index (χ0) is 23.5. The normalized spacial score (nSPS) is 18.0. The highest BCUT2D eigenvalue weighted by molar-refractivity contribution is 5.96. The molecule has 9 nitrogen and oxygen atoms in total. The summed E-state index contributed by atoms with van der Waals surface area (Å²) in [6, 6.07) is 10.7. The van der Waals surface area contributed by atoms with Crippen molar-refractivity contribution in [3.05, 3.63) is 47.7 Å². The lowest BCUT2D eigenvalue weighted by molar-refractivity contribution is -0.129. The number of H-pyrrole nitrogens is 1. The lowest BCUT2D eigenvalue weighted by Gasteiger charge is -2.32. The lowest BCUT2D eigenvalue weighted by Crippen LogP contribution is -2.41. The molecule has 0 unspecified atom stereocenters. The highest BCUT2D eigenvalue weighted by Crippen LogP contribution is 2.27. The first-order valence-corrected chi connectivity index (χ1v) is 12.1. The summed E-state index contributed by atoms with van der Waals surface area (Å²) in [5, 5.41) is 26.0. The average Bonchev–Trinajstić information content (AvgIpc) is 3.27. The number of aromatic nitrogens is 3. The van der Waals surface area contributed by atoms with E-state index in [0.29, 0.717) is 13.1 Å². The van der Waals surface area contributed by atoms with Crippen LogP contribution < -0.4 is 10.6 Å². The van der Waals surface area contributed by atoms with Crippen LogP contribution in [0.15, 0.2) is 36.5 Å². The van der Waals surface area contributed by atoms with Gasteiger partial charge in [-0.3, -0.25) is 14.8 Å². The molecule has 0 spiro atoms. The summed E-state index contributed by atoms with van der Waals surface area (Å²) in [7, 11) is 0. The number of carbonyl (C=O) groups is 1. The topological polar surface area (TPSA) is 109 Å². The third-order valence-corrected chi connectivity index (χ3v) is 6.95. The molecule has 5 rings (SSSR count). The number of likely N-dealkylation sites (tertiary alicyclic amines) is 1. The largest absolute Gasteiger partial charge is 0.390 e. The van der Waals surface area contributed by atoms with Gasteiger partial charge in [-0.25, -0.2) is 4.98 Å². The van der Waals surface area contributed by atoms with E-state index < -0.39 is 6.10 Å². The van der Waals surface area contributed by atoms with Crippen LogP contribution in [0.4, 0.5) is 11.6 Å². The van der Waals surface area contributed by atoms with Crippen LogP contribution in [0.3, 0.4) is 0 Å². The van der Waals surface area contributed by atoms with Crippen LogP contribution in [-0.4, -0.2) is 80.9 Å². The van der Waals surface area contributed by atoms with Gasteiger partial charge < -0.3 is 20.6 Å². The lowest BCUT2D eigenvalue weighted by atomic mass is 10.00. The molecule has 4 N–H and O–H groups in total. The van der Waals surface area contributed by atoms with E-state index in [4.69, 9.17) is 0 Å². The molecule has 0 bridgehead atoms. The van der Waals surface area contributed by atoms with E-state index in [2.05, 4.69) is 55.0 Å². The van der Waals surface area contributed by atoms with Crippen molar-refractivity contribution in [2.45, 2.75) is 44.9 Å². The standard InChI is InChI=1S/C25H33N7O2/c1-17(33)32-12-8-20(9-13-32)28-25-23-22(6-10-26-25)24(30-29-23)27-14-21(34)16-31-11-7-18-4-2-3-5-19(18)15-31/h2-6,10,20-21,34H,7-9,11-16H2,1H3,(H,26,28)(H2,27,29,30)/t21-/m0/s1. The Labute approximate surface area is 199 Å². The number of aliphatic hydroxyl groups is 1. The fourth-order valence-corrected chi connectivity index (χ4v) is 5.01. The summed E-state index contributed by atoms with van der Waals surface area (Å²) in [5.41, 5.74) is 3.62. The van der Waals surface area contributed by atoms with Gasteiger partial charge in [-0.2, -0.15) is 5.10 Å². The van der Waals surface area contributed by atoms with Gasteiger partial charge in [0.15, 0.2) is 11.6 Å². The second-order valence-electron chi connectivity index (χ2n) is 9.37. The van der Waals surface area contributed by atoms with Crippen LogP contribution in [0.25, 0.3) is 10.9 Å². The minimum absolute atomic E-state index is 0.134. The number of nitrogens with zero attached hydrogens (tertiary/aromatic N) is 4. The van der Waals surface area contributed by atoms with Crippen molar-refractivity contribution in [1.82, 2.24) is 25.0 Å². The Bertz CT molecular complexity index is 1140. The molecule has 0 aliphatic carbocycles. The molecule has 1 saturated heterocycles. The van der Waals surface area contributed by atoms with Gasteiger partial charge in [0.1, 0.15) is 5.52 Å². The van der Waals surface area contributed by atoms with E-state index in [-0.39, 0.29) is 11.9 Å². The Kier molecular flexibility index (Phi) is 6.64. The van der Waals surface area contributed by atoms with Gasteiger partial charge in [-0.05, 0) is 36.5 Å². The second kappa shape index (κ2) is 9.99. The summed E-state index contributed by atoms with van der Waals surface area (Å²) in [5.74, 6) is 1.62. The van der Waals surface area contributed by atoms with Crippen LogP contribution in [0.2, 0.25) is 0 Å². The van der Waals surface area contributed by atoms with E-state index >= 15 is 0 Å². The SMILES string of the molecule is CC(=O)N1CCC(Nc2nccc3c(NC[C@H](O)CN4CCc5ccccc5C4)n[nH]c23)CC1. The number of β-amino-alcohol motifs (C(OH)–C–C–N with tert-alkyl or cyclic N) is 1. The number of nitrogens with one attached hydrogen (secondary N) is 3. The number of aliphatic hydroxyl groups excluding tert-OH is 1. The highest BCUT2D eigenvalue weighted by atomic mass is 16.3. The fraction of sp³-hybridized carbons (Fsp3) is 0.480. The first-order valence-electron chi connectivity index (χ1n) is 12.1. The maximum atomic E-state index is 11.6. The van der Waals surface area contributed by atoms with Crippen LogP contribution in [0, 0.1) is 0 Å². The quantitative estimate of drug-likeness (QED) is 0.425. The summed E-state index contributed by atoms with van der Waals surface area (Å²) in [6.45, 7) is 6.04. The van der Waals surface area contributed by atoms with Gasteiger partial charge in [-0.15, -0.1) is 0 Å². The number of hydrogen-bond acceptors (Lipinski definition) is 7. The van der Waals surface area contributed by atoms with E-state index in [1.54, 1.807) is 13.1 Å². The number of amides is 1. The molecule has 9 heteroatoms. The third-order valence-electron chi connectivity index (χ3n) is 6.95. The van der Waals surface area contributed by atoms with Crippen LogP contribution in [0.1, 0.15) is 30.9 Å². The van der Waals surface area contributed by atoms with E-state index in [9.17, 15) is 9.90 Å². The minimum atomic E-state index is -0.497. The molecular formula is C25H33N7O2. The van der Waals surface area contributed by atoms with Crippen molar-refractivity contribution in [2.75, 3.05) is 43.4 Å². The van der Waals surface area contributed by atoms with Crippen LogP contribution >= 0.6 is 0 Å². The number of fused-ring (bicyclic) bond motifs is 2. The Morgan fingerprint density at radius 3 is 2.76 bits per heavy atom. The number of hydrogen-bond donors (Lipinski definition) is 4. The van der Waals surface area contributed by atoms with Crippen LogP contribution in [-0.2, 0) is 17.8 Å². The molecule has 1 amide bonds. The van der Waals surface area contributed by atoms with Crippen LogP contribution in [0.5, 0.6) is 0 Å². The molecule has 1 aromatic carbocycles. The molecule has 180 valence electrons. The number of carbonyl (C=O) groups excluding carboxylic acids is 1. The van der Waals surface area contributed by atoms with Crippen molar-refractivity contribution in [2.24, 2.45) is 0 Å². The van der Waals surface area contributed by atoms with Gasteiger partial charge in [-0.1, -0.05) is 24.3 Å². The molecule has 2 aliphatic rings. The van der Waals surface area contributed by atoms with Gasteiger partial charge in [0.2, 0.25) is 5.91 Å². The first-order chi connectivity index (χ1) is 16.6. The van der Waals surface area contributed by atoms with Crippen molar-refractivity contribution in [3.63, 3.8) is 0 Å². The van der Waals surface area contributed by atoms with E-state index in [0.717, 1.165) is 68.0 Å². The Balaban J connectivity index is 1.16. The number of benzene rings is 1. The van der Waals surface area contributed by atoms with E-state index in [1.807, 2.05) is 11.0 Å². The van der Waals surface area contributed by atoms with Crippen molar-refractivity contribution in [1.29, 1.82) is 0 Å². The molecule has 2 aromatic heterocycles. The average molecular weight is 464 g/mol. The number of anilines is 2. The molecule has 4 heterocycles. The molecular weight excluding hydrogens is 430 g/mol. The summed E-state index contributed by atoms with van der Waals surface area (Å²) in [4.78, 5) is 20.3. The summed E-state index contributed by atoms with van der Waals surface area (Å²) < 4.78 is 0. The molecule has 3 aromatic rings. The minimum Gasteiger partial charge on any atom is -0.390 e. The Morgan fingerprint density at radius 2 is 1.97 bits per heavy atom. The van der Waals surface area contributed by atoms with Gasteiger partial charge >= 0.3 is 0 Å². The molecule has 0 radical (unpaired) electrons. The maximum absolute atomic E-state index is 11.6. The van der Waals surface area contributed by atoms with Gasteiger partial charge in [0.05, 0.1) is 6.10 Å². The predicted octanol–water partition coefficient (Wildman–Crippen LogP) is 2.21. The zero-order valence-corrected chi connectivity index (χ0v) is 19.6. The second-order valence-corrected chi connectivity index (χ2v) is 9.37. The summed E-state index contributed by atoms with van der Waals surface area (Å²) >= 11 is 0. The fourth-order valence-electron chi connectivity index (χ4n) is 5.01. The molecule has 2 aliphatic heterocycles. The smallest absolute Gasteiger partial charge is 0.219 e. The molecule has 0 saturated carbocycles. The molecule has 34 heavy (non-hydrogen) atoms. The highest BCUT2D eigenvalue weighted by Gasteiger charge is 2.22. The molecule has 1 atom stereocenters. The van der Waals surface area contributed by atoms with Gasteiger partial charge in [0, 0.05) is 63.8 Å².